The van der Waals surface area contributed by atoms with Crippen LogP contribution in [-0.2, 0) is 0 Å². The molecule has 1 fully saturated rings. The second kappa shape index (κ2) is 5.34. The fraction of sp³-hybridized carbons (Fsp3) is 0.235. The molecule has 0 amide bonds. The van der Waals surface area contributed by atoms with Gasteiger partial charge in [-0.15, -0.1) is 0 Å². The minimum Gasteiger partial charge on any atom is -0.381 e. The molecular weight excluding hydrogens is 251 g/mol. The van der Waals surface area contributed by atoms with Gasteiger partial charge in [-0.3, -0.25) is 0 Å². The fourth-order valence-electron chi connectivity index (χ4n) is 2.71. The molecule has 2 aromatic carbocycles. The predicted molar refractivity (Wildman–Crippen MR) is 76.9 cm³/mol. The van der Waals surface area contributed by atoms with E-state index in [-0.39, 0.29) is 5.56 Å². The van der Waals surface area contributed by atoms with Crippen molar-refractivity contribution in [1.82, 2.24) is 0 Å². The molecule has 0 spiro atoms. The first-order valence-electron chi connectivity index (χ1n) is 6.78. The molecule has 0 heterocycles. The highest BCUT2D eigenvalue weighted by atomic mass is 19.1. The van der Waals surface area contributed by atoms with Crippen LogP contribution in [0.1, 0.15) is 29.9 Å². The van der Waals surface area contributed by atoms with Crippen LogP contribution >= 0.6 is 0 Å². The highest BCUT2D eigenvalue weighted by molar-refractivity contribution is 5.58. The summed E-state index contributed by atoms with van der Waals surface area (Å²) in [5.41, 5.74) is 2.06. The average Bonchev–Trinajstić information content (AvgIpc) is 2.43. The Morgan fingerprint density at radius 1 is 1.05 bits per heavy atom. The van der Waals surface area contributed by atoms with E-state index < -0.39 is 5.82 Å². The van der Waals surface area contributed by atoms with Crippen LogP contribution in [0.4, 0.5) is 10.1 Å². The molecule has 0 atom stereocenters. The Bertz CT molecular complexity index is 640. The second-order valence-corrected chi connectivity index (χ2v) is 5.19. The smallest absolute Gasteiger partial charge is 0.143 e. The van der Waals surface area contributed by atoms with Crippen LogP contribution in [0.15, 0.2) is 48.5 Å². The van der Waals surface area contributed by atoms with Crippen molar-refractivity contribution in [3.05, 3.63) is 65.5 Å². The van der Waals surface area contributed by atoms with Gasteiger partial charge in [-0.25, -0.2) is 4.39 Å². The number of anilines is 1. The van der Waals surface area contributed by atoms with Gasteiger partial charge in [0, 0.05) is 6.04 Å². The van der Waals surface area contributed by atoms with E-state index in [1.807, 2.05) is 12.1 Å². The lowest BCUT2D eigenvalue weighted by Gasteiger charge is -2.37. The first kappa shape index (κ1) is 12.7. The molecule has 0 aliphatic heterocycles. The Balaban J connectivity index is 1.65. The Hall–Kier alpha value is -2.34. The molecule has 0 radical (unpaired) electrons. The van der Waals surface area contributed by atoms with Gasteiger partial charge in [-0.2, -0.15) is 5.26 Å². The summed E-state index contributed by atoms with van der Waals surface area (Å²) in [7, 11) is 0. The maximum absolute atomic E-state index is 13.5. The Labute approximate surface area is 117 Å². The number of nitrogens with one attached hydrogen (secondary N) is 1. The number of benzene rings is 2. The zero-order valence-corrected chi connectivity index (χ0v) is 11.0. The van der Waals surface area contributed by atoms with E-state index in [2.05, 4.69) is 29.6 Å². The van der Waals surface area contributed by atoms with Gasteiger partial charge in [0.05, 0.1) is 5.69 Å². The quantitative estimate of drug-likeness (QED) is 0.909. The van der Waals surface area contributed by atoms with E-state index in [9.17, 15) is 4.39 Å². The van der Waals surface area contributed by atoms with Crippen LogP contribution in [0.5, 0.6) is 0 Å². The van der Waals surface area contributed by atoms with Gasteiger partial charge in [0.1, 0.15) is 17.4 Å². The predicted octanol–water partition coefficient (Wildman–Crippen LogP) is 4.06. The maximum atomic E-state index is 13.5. The summed E-state index contributed by atoms with van der Waals surface area (Å²) < 4.78 is 13.5. The van der Waals surface area contributed by atoms with Gasteiger partial charge >= 0.3 is 0 Å². The van der Waals surface area contributed by atoms with Crippen molar-refractivity contribution in [1.29, 1.82) is 5.26 Å². The summed E-state index contributed by atoms with van der Waals surface area (Å²) in [6.07, 6.45) is 2.04. The van der Waals surface area contributed by atoms with Crippen LogP contribution < -0.4 is 5.32 Å². The summed E-state index contributed by atoms with van der Waals surface area (Å²) in [6.45, 7) is 0. The molecule has 0 bridgehead atoms. The molecule has 3 heteroatoms. The number of hydrogen-bond acceptors (Lipinski definition) is 2. The molecule has 0 aromatic heterocycles. The molecule has 0 unspecified atom stereocenters. The third-order valence-corrected chi connectivity index (χ3v) is 3.89. The molecule has 20 heavy (non-hydrogen) atoms. The van der Waals surface area contributed by atoms with Gasteiger partial charge in [0.25, 0.3) is 0 Å². The minimum atomic E-state index is -0.462. The van der Waals surface area contributed by atoms with E-state index in [1.54, 1.807) is 12.1 Å². The van der Waals surface area contributed by atoms with Crippen LogP contribution in [0, 0.1) is 17.1 Å². The van der Waals surface area contributed by atoms with E-state index >= 15 is 0 Å². The van der Waals surface area contributed by atoms with E-state index in [0.717, 1.165) is 12.8 Å². The van der Waals surface area contributed by atoms with Crippen molar-refractivity contribution in [2.45, 2.75) is 24.8 Å². The summed E-state index contributed by atoms with van der Waals surface area (Å²) in [6, 6.07) is 17.4. The molecule has 1 saturated carbocycles. The SMILES string of the molecule is N#Cc1c(F)cccc1NC1CC(c2ccccc2)C1. The molecule has 100 valence electrons. The van der Waals surface area contributed by atoms with Crippen LogP contribution in [-0.4, -0.2) is 6.04 Å². The summed E-state index contributed by atoms with van der Waals surface area (Å²) in [5, 5.41) is 12.3. The van der Waals surface area contributed by atoms with Crippen molar-refractivity contribution in [2.24, 2.45) is 0 Å². The van der Waals surface area contributed by atoms with E-state index in [0.29, 0.717) is 17.6 Å². The summed E-state index contributed by atoms with van der Waals surface area (Å²) in [5.74, 6) is 0.101. The Kier molecular flexibility index (Phi) is 3.39. The molecular formula is C17H15FN2. The van der Waals surface area contributed by atoms with Gasteiger partial charge in [0.15, 0.2) is 0 Å². The normalized spacial score (nSPS) is 20.8. The van der Waals surface area contributed by atoms with E-state index in [4.69, 9.17) is 5.26 Å². The number of hydrogen-bond donors (Lipinski definition) is 1. The lowest BCUT2D eigenvalue weighted by atomic mass is 9.76. The molecule has 1 aliphatic carbocycles. The maximum Gasteiger partial charge on any atom is 0.143 e. The number of nitriles is 1. The largest absolute Gasteiger partial charge is 0.381 e. The molecule has 3 rings (SSSR count). The minimum absolute atomic E-state index is 0.107. The van der Waals surface area contributed by atoms with Gasteiger partial charge in [0.2, 0.25) is 0 Å². The first-order valence-corrected chi connectivity index (χ1v) is 6.78. The van der Waals surface area contributed by atoms with Crippen molar-refractivity contribution >= 4 is 5.69 Å². The highest BCUT2D eigenvalue weighted by Gasteiger charge is 2.30. The van der Waals surface area contributed by atoms with Crippen molar-refractivity contribution in [3.8, 4) is 6.07 Å². The summed E-state index contributed by atoms with van der Waals surface area (Å²) >= 11 is 0. The molecule has 1 aliphatic rings. The zero-order valence-electron chi connectivity index (χ0n) is 11.0. The van der Waals surface area contributed by atoms with Crippen molar-refractivity contribution in [2.75, 3.05) is 5.32 Å². The monoisotopic (exact) mass is 266 g/mol. The third-order valence-electron chi connectivity index (χ3n) is 3.89. The van der Waals surface area contributed by atoms with Crippen molar-refractivity contribution in [3.63, 3.8) is 0 Å². The molecule has 0 saturated heterocycles. The van der Waals surface area contributed by atoms with Crippen molar-refractivity contribution < 1.29 is 4.39 Å². The average molecular weight is 266 g/mol. The Morgan fingerprint density at radius 3 is 2.50 bits per heavy atom. The van der Waals surface area contributed by atoms with Gasteiger partial charge in [-0.05, 0) is 36.5 Å². The second-order valence-electron chi connectivity index (χ2n) is 5.19. The van der Waals surface area contributed by atoms with Crippen LogP contribution in [0.3, 0.4) is 0 Å². The fourth-order valence-corrected chi connectivity index (χ4v) is 2.71. The third kappa shape index (κ3) is 2.37. The highest BCUT2D eigenvalue weighted by Crippen LogP contribution is 2.38. The number of nitrogens with zero attached hydrogens (tertiary/aromatic N) is 1. The van der Waals surface area contributed by atoms with Gasteiger partial charge < -0.3 is 5.32 Å². The molecule has 2 aromatic rings. The first-order chi connectivity index (χ1) is 9.78. The number of halogens is 1. The molecule has 2 nitrogen and oxygen atoms in total. The number of rotatable bonds is 3. The zero-order chi connectivity index (χ0) is 13.9. The van der Waals surface area contributed by atoms with Gasteiger partial charge in [-0.1, -0.05) is 36.4 Å². The standard InChI is InChI=1S/C17H15FN2/c18-16-7-4-8-17(15(16)11-19)20-14-9-13(10-14)12-5-2-1-3-6-12/h1-8,13-14,20H,9-10H2. The lowest BCUT2D eigenvalue weighted by molar-refractivity contribution is 0.374. The lowest BCUT2D eigenvalue weighted by Crippen LogP contribution is -2.34. The summed E-state index contributed by atoms with van der Waals surface area (Å²) in [4.78, 5) is 0. The van der Waals surface area contributed by atoms with Crippen LogP contribution in [0.2, 0.25) is 0 Å². The topological polar surface area (TPSA) is 35.8 Å². The van der Waals surface area contributed by atoms with E-state index in [1.165, 1.54) is 11.6 Å². The molecule has 1 N–H and O–H groups in total. The van der Waals surface area contributed by atoms with Crippen LogP contribution in [0.25, 0.3) is 0 Å². The Morgan fingerprint density at radius 2 is 1.80 bits per heavy atom.